The first-order valence-electron chi connectivity index (χ1n) is 8.77. The first kappa shape index (κ1) is 20.5. The van der Waals surface area contributed by atoms with Crippen LogP contribution in [0.1, 0.15) is 12.0 Å². The second-order valence-electron chi connectivity index (χ2n) is 6.25. The number of aliphatic imine (C=N–C) groups is 1. The Morgan fingerprint density at radius 2 is 1.88 bits per heavy atom. The van der Waals surface area contributed by atoms with E-state index in [1.54, 1.807) is 13.1 Å². The summed E-state index contributed by atoms with van der Waals surface area (Å²) in [5, 5.41) is 6.75. The van der Waals surface area contributed by atoms with Crippen LogP contribution in [0.25, 0.3) is 0 Å². The first-order valence-corrected chi connectivity index (χ1v) is 8.77. The summed E-state index contributed by atoms with van der Waals surface area (Å²) in [5.74, 6) is 0.623. The van der Waals surface area contributed by atoms with Crippen LogP contribution >= 0.6 is 24.0 Å². The van der Waals surface area contributed by atoms with Gasteiger partial charge in [0.1, 0.15) is 5.82 Å². The highest BCUT2D eigenvalue weighted by Gasteiger charge is 2.23. The summed E-state index contributed by atoms with van der Waals surface area (Å²) in [6.45, 7) is 2.64. The molecule has 0 amide bonds. The molecule has 26 heavy (non-hydrogen) atoms. The molecule has 0 spiro atoms. The Labute approximate surface area is 171 Å². The Morgan fingerprint density at radius 3 is 2.62 bits per heavy atom. The van der Waals surface area contributed by atoms with Crippen LogP contribution in [0.15, 0.2) is 59.6 Å². The zero-order chi connectivity index (χ0) is 17.5. The van der Waals surface area contributed by atoms with Crippen LogP contribution in [-0.4, -0.2) is 38.7 Å². The average molecular weight is 468 g/mol. The maximum Gasteiger partial charge on any atom is 0.191 e. The van der Waals surface area contributed by atoms with Crippen LogP contribution in [0.2, 0.25) is 0 Å². The molecular weight excluding hydrogens is 442 g/mol. The van der Waals surface area contributed by atoms with Crippen LogP contribution in [0.5, 0.6) is 0 Å². The second-order valence-corrected chi connectivity index (χ2v) is 6.25. The molecule has 0 bridgehead atoms. The molecule has 2 aromatic rings. The Kier molecular flexibility index (Phi) is 8.15. The van der Waals surface area contributed by atoms with Gasteiger partial charge in [0.05, 0.1) is 0 Å². The fourth-order valence-electron chi connectivity index (χ4n) is 3.16. The summed E-state index contributed by atoms with van der Waals surface area (Å²) in [6, 6.07) is 17.7. The molecule has 3 rings (SSSR count). The van der Waals surface area contributed by atoms with Gasteiger partial charge in [-0.1, -0.05) is 36.4 Å². The molecule has 1 aliphatic rings. The standard InChI is InChI=1S/C20H25FN4.HI/c1-22-20(23-13-11-16-7-5-6-10-19(16)21)24-17-12-14-25(15-17)18-8-3-2-4-9-18;/h2-10,17H,11-15H2,1H3,(H2,22,23,24);1H. The lowest BCUT2D eigenvalue weighted by Crippen LogP contribution is -2.45. The molecule has 0 radical (unpaired) electrons. The number of para-hydroxylation sites is 1. The van der Waals surface area contributed by atoms with Gasteiger partial charge in [-0.15, -0.1) is 24.0 Å². The summed E-state index contributed by atoms with van der Waals surface area (Å²) in [5.41, 5.74) is 1.98. The second kappa shape index (κ2) is 10.4. The summed E-state index contributed by atoms with van der Waals surface area (Å²) in [6.07, 6.45) is 1.71. The van der Waals surface area contributed by atoms with Crippen molar-refractivity contribution in [3.8, 4) is 0 Å². The largest absolute Gasteiger partial charge is 0.369 e. The minimum Gasteiger partial charge on any atom is -0.369 e. The normalized spacial score (nSPS) is 16.9. The van der Waals surface area contributed by atoms with Crippen molar-refractivity contribution in [3.63, 3.8) is 0 Å². The summed E-state index contributed by atoms with van der Waals surface area (Å²) >= 11 is 0. The van der Waals surface area contributed by atoms with Crippen molar-refractivity contribution in [2.24, 2.45) is 4.99 Å². The molecule has 1 aliphatic heterocycles. The van der Waals surface area contributed by atoms with Crippen LogP contribution < -0.4 is 15.5 Å². The SMILES string of the molecule is CN=C(NCCc1ccccc1F)NC1CCN(c2ccccc2)C1.I. The number of rotatable bonds is 5. The molecule has 1 unspecified atom stereocenters. The Hall–Kier alpha value is -1.83. The Morgan fingerprint density at radius 1 is 1.15 bits per heavy atom. The van der Waals surface area contributed by atoms with Crippen LogP contribution in [0.3, 0.4) is 0 Å². The van der Waals surface area contributed by atoms with Crippen molar-refractivity contribution in [2.45, 2.75) is 18.9 Å². The van der Waals surface area contributed by atoms with Crippen molar-refractivity contribution in [2.75, 3.05) is 31.6 Å². The van der Waals surface area contributed by atoms with Crippen LogP contribution in [0.4, 0.5) is 10.1 Å². The van der Waals surface area contributed by atoms with E-state index in [-0.39, 0.29) is 29.8 Å². The van der Waals surface area contributed by atoms with Crippen LogP contribution in [-0.2, 0) is 6.42 Å². The number of hydrogen-bond acceptors (Lipinski definition) is 2. The lowest BCUT2D eigenvalue weighted by molar-refractivity contribution is 0.604. The number of nitrogens with one attached hydrogen (secondary N) is 2. The van der Waals surface area contributed by atoms with Crippen molar-refractivity contribution in [1.29, 1.82) is 0 Å². The van der Waals surface area contributed by atoms with E-state index in [9.17, 15) is 4.39 Å². The average Bonchev–Trinajstić information content (AvgIpc) is 3.12. The Bertz CT molecular complexity index is 708. The van der Waals surface area contributed by atoms with Gasteiger partial charge in [-0.2, -0.15) is 0 Å². The predicted octanol–water partition coefficient (Wildman–Crippen LogP) is 3.43. The van der Waals surface area contributed by atoms with Crippen molar-refractivity contribution in [3.05, 3.63) is 66.0 Å². The van der Waals surface area contributed by atoms with E-state index in [0.29, 0.717) is 19.0 Å². The molecule has 2 N–H and O–H groups in total. The van der Waals surface area contributed by atoms with Crippen molar-refractivity contribution in [1.82, 2.24) is 10.6 Å². The van der Waals surface area contributed by atoms with E-state index >= 15 is 0 Å². The van der Waals surface area contributed by atoms with Gasteiger partial charge in [0.15, 0.2) is 5.96 Å². The first-order chi connectivity index (χ1) is 12.3. The molecule has 1 saturated heterocycles. The lowest BCUT2D eigenvalue weighted by atomic mass is 10.1. The lowest BCUT2D eigenvalue weighted by Gasteiger charge is -2.20. The molecule has 0 aromatic heterocycles. The number of hydrogen-bond donors (Lipinski definition) is 2. The van der Waals surface area contributed by atoms with Gasteiger partial charge in [0.2, 0.25) is 0 Å². The molecular formula is C20H26FIN4. The molecule has 1 heterocycles. The van der Waals surface area contributed by atoms with E-state index in [1.165, 1.54) is 11.8 Å². The van der Waals surface area contributed by atoms with Gasteiger partial charge in [0, 0.05) is 38.4 Å². The third kappa shape index (κ3) is 5.59. The fraction of sp³-hybridized carbons (Fsp3) is 0.350. The van der Waals surface area contributed by atoms with E-state index in [4.69, 9.17) is 0 Å². The molecule has 1 atom stereocenters. The predicted molar refractivity (Wildman–Crippen MR) is 117 cm³/mol. The number of benzene rings is 2. The molecule has 0 saturated carbocycles. The minimum atomic E-state index is -0.151. The van der Waals surface area contributed by atoms with Gasteiger partial charge < -0.3 is 15.5 Å². The molecule has 2 aromatic carbocycles. The van der Waals surface area contributed by atoms with E-state index in [0.717, 1.165) is 31.0 Å². The number of nitrogens with zero attached hydrogens (tertiary/aromatic N) is 2. The topological polar surface area (TPSA) is 39.7 Å². The monoisotopic (exact) mass is 468 g/mol. The molecule has 1 fully saturated rings. The van der Waals surface area contributed by atoms with Crippen molar-refractivity contribution < 1.29 is 4.39 Å². The number of halogens is 2. The summed E-state index contributed by atoms with van der Waals surface area (Å²) in [7, 11) is 1.77. The number of guanidine groups is 1. The highest BCUT2D eigenvalue weighted by atomic mass is 127. The smallest absolute Gasteiger partial charge is 0.191 e. The van der Waals surface area contributed by atoms with Crippen molar-refractivity contribution >= 4 is 35.6 Å². The van der Waals surface area contributed by atoms with E-state index in [2.05, 4.69) is 44.8 Å². The Balaban J connectivity index is 0.00000243. The fourth-order valence-corrected chi connectivity index (χ4v) is 3.16. The summed E-state index contributed by atoms with van der Waals surface area (Å²) in [4.78, 5) is 6.66. The number of anilines is 1. The minimum absolute atomic E-state index is 0. The van der Waals surface area contributed by atoms with E-state index in [1.807, 2.05) is 18.2 Å². The van der Waals surface area contributed by atoms with Gasteiger partial charge in [0.25, 0.3) is 0 Å². The molecule has 0 aliphatic carbocycles. The van der Waals surface area contributed by atoms with Crippen LogP contribution in [0, 0.1) is 5.82 Å². The highest BCUT2D eigenvalue weighted by molar-refractivity contribution is 14.0. The van der Waals surface area contributed by atoms with Gasteiger partial charge in [-0.05, 0) is 36.6 Å². The zero-order valence-electron chi connectivity index (χ0n) is 15.0. The quantitative estimate of drug-likeness (QED) is 0.402. The molecule has 4 nitrogen and oxygen atoms in total. The molecule has 6 heteroatoms. The maximum absolute atomic E-state index is 13.6. The highest BCUT2D eigenvalue weighted by Crippen LogP contribution is 2.19. The van der Waals surface area contributed by atoms with E-state index < -0.39 is 0 Å². The van der Waals surface area contributed by atoms with Gasteiger partial charge in [-0.3, -0.25) is 4.99 Å². The maximum atomic E-state index is 13.6. The third-order valence-electron chi connectivity index (χ3n) is 4.52. The van der Waals surface area contributed by atoms with Gasteiger partial charge in [-0.25, -0.2) is 4.39 Å². The zero-order valence-corrected chi connectivity index (χ0v) is 17.3. The summed E-state index contributed by atoms with van der Waals surface area (Å²) < 4.78 is 13.6. The molecule has 140 valence electrons. The van der Waals surface area contributed by atoms with Gasteiger partial charge >= 0.3 is 0 Å². The third-order valence-corrected chi connectivity index (χ3v) is 4.52.